The fourth-order valence-electron chi connectivity index (χ4n) is 3.18. The van der Waals surface area contributed by atoms with Gasteiger partial charge in [0.15, 0.2) is 0 Å². The van der Waals surface area contributed by atoms with Gasteiger partial charge in [0, 0.05) is 22.8 Å². The minimum absolute atomic E-state index is 0.552. The van der Waals surface area contributed by atoms with Gasteiger partial charge >= 0.3 is 0 Å². The van der Waals surface area contributed by atoms with Crippen LogP contribution in [0.2, 0.25) is 0 Å². The molecule has 0 aliphatic rings. The van der Waals surface area contributed by atoms with Gasteiger partial charge in [-0.1, -0.05) is 30.3 Å². The second-order valence-corrected chi connectivity index (χ2v) is 6.45. The predicted molar refractivity (Wildman–Crippen MR) is 108 cm³/mol. The Labute approximate surface area is 161 Å². The SMILES string of the molecule is c1ccc(COc2ccc(-c3cc4c(-c5cn[nH]c5)ncnc4[nH]3)cc2)cc1. The van der Waals surface area contributed by atoms with Crippen molar-refractivity contribution < 1.29 is 4.74 Å². The first-order valence-corrected chi connectivity index (χ1v) is 8.97. The number of aromatic amines is 2. The molecular weight excluding hydrogens is 350 g/mol. The quantitative estimate of drug-likeness (QED) is 0.476. The highest BCUT2D eigenvalue weighted by molar-refractivity contribution is 5.93. The molecule has 0 radical (unpaired) electrons. The molecule has 5 aromatic rings. The highest BCUT2D eigenvalue weighted by Crippen LogP contribution is 2.30. The Morgan fingerprint density at radius 1 is 0.893 bits per heavy atom. The summed E-state index contributed by atoms with van der Waals surface area (Å²) < 4.78 is 5.87. The maximum absolute atomic E-state index is 5.87. The second kappa shape index (κ2) is 7.00. The molecule has 2 N–H and O–H groups in total. The van der Waals surface area contributed by atoms with Crippen LogP contribution in [0.15, 0.2) is 79.4 Å². The molecule has 0 spiro atoms. The van der Waals surface area contributed by atoms with Crippen molar-refractivity contribution in [3.63, 3.8) is 0 Å². The summed E-state index contributed by atoms with van der Waals surface area (Å²) in [6.07, 6.45) is 5.14. The molecule has 0 aliphatic carbocycles. The number of nitrogens with one attached hydrogen (secondary N) is 2. The number of rotatable bonds is 5. The number of aromatic nitrogens is 5. The maximum atomic E-state index is 5.87. The molecule has 6 heteroatoms. The molecule has 0 aliphatic heterocycles. The number of fused-ring (bicyclic) bond motifs is 1. The summed E-state index contributed by atoms with van der Waals surface area (Å²) in [6, 6.07) is 20.2. The topological polar surface area (TPSA) is 79.5 Å². The summed E-state index contributed by atoms with van der Waals surface area (Å²) >= 11 is 0. The van der Waals surface area contributed by atoms with Gasteiger partial charge in [-0.15, -0.1) is 0 Å². The van der Waals surface area contributed by atoms with E-state index in [-0.39, 0.29) is 0 Å². The van der Waals surface area contributed by atoms with E-state index < -0.39 is 0 Å². The van der Waals surface area contributed by atoms with Crippen molar-refractivity contribution in [1.82, 2.24) is 25.1 Å². The third-order valence-electron chi connectivity index (χ3n) is 4.61. The Hall–Kier alpha value is -3.93. The zero-order valence-electron chi connectivity index (χ0n) is 15.0. The number of hydrogen-bond donors (Lipinski definition) is 2. The molecule has 0 fully saturated rings. The Morgan fingerprint density at radius 2 is 1.75 bits per heavy atom. The lowest BCUT2D eigenvalue weighted by Crippen LogP contribution is -1.94. The van der Waals surface area contributed by atoms with E-state index in [1.807, 2.05) is 48.7 Å². The fraction of sp³-hybridized carbons (Fsp3) is 0.0455. The number of nitrogens with zero attached hydrogens (tertiary/aromatic N) is 3. The van der Waals surface area contributed by atoms with Crippen LogP contribution in [0.1, 0.15) is 5.56 Å². The van der Waals surface area contributed by atoms with Gasteiger partial charge in [0.2, 0.25) is 0 Å². The first-order chi connectivity index (χ1) is 13.9. The molecule has 0 saturated heterocycles. The average Bonchev–Trinajstić information content (AvgIpc) is 3.43. The van der Waals surface area contributed by atoms with E-state index in [0.717, 1.165) is 44.9 Å². The largest absolute Gasteiger partial charge is 0.489 e. The van der Waals surface area contributed by atoms with Crippen molar-refractivity contribution in [1.29, 1.82) is 0 Å². The highest BCUT2D eigenvalue weighted by atomic mass is 16.5. The van der Waals surface area contributed by atoms with E-state index in [9.17, 15) is 0 Å². The molecule has 0 bridgehead atoms. The molecule has 2 aromatic carbocycles. The molecule has 0 unspecified atom stereocenters. The van der Waals surface area contributed by atoms with Crippen LogP contribution in [0.4, 0.5) is 0 Å². The lowest BCUT2D eigenvalue weighted by atomic mass is 10.1. The van der Waals surface area contributed by atoms with Gasteiger partial charge in [0.05, 0.1) is 11.9 Å². The van der Waals surface area contributed by atoms with Gasteiger partial charge in [0.25, 0.3) is 0 Å². The lowest BCUT2D eigenvalue weighted by molar-refractivity contribution is 0.306. The molecule has 5 rings (SSSR count). The van der Waals surface area contributed by atoms with E-state index in [1.54, 1.807) is 12.5 Å². The number of ether oxygens (including phenoxy) is 1. The van der Waals surface area contributed by atoms with Gasteiger partial charge in [-0.05, 0) is 41.5 Å². The molecule has 28 heavy (non-hydrogen) atoms. The first kappa shape index (κ1) is 16.3. The van der Waals surface area contributed by atoms with Crippen LogP contribution in [0, 0.1) is 0 Å². The van der Waals surface area contributed by atoms with Gasteiger partial charge in [-0.3, -0.25) is 5.10 Å². The van der Waals surface area contributed by atoms with Crippen molar-refractivity contribution in [2.75, 3.05) is 0 Å². The molecular formula is C22H17N5O. The van der Waals surface area contributed by atoms with Gasteiger partial charge in [-0.2, -0.15) is 5.10 Å². The molecule has 0 atom stereocenters. The number of hydrogen-bond acceptors (Lipinski definition) is 4. The summed E-state index contributed by atoms with van der Waals surface area (Å²) in [5.74, 6) is 0.836. The molecule has 3 aromatic heterocycles. The molecule has 3 heterocycles. The Morgan fingerprint density at radius 3 is 2.54 bits per heavy atom. The van der Waals surface area contributed by atoms with Crippen LogP contribution in [0.25, 0.3) is 33.5 Å². The Balaban J connectivity index is 1.40. The van der Waals surface area contributed by atoms with Crippen molar-refractivity contribution in [2.45, 2.75) is 6.61 Å². The molecule has 0 amide bonds. The molecule has 136 valence electrons. The zero-order valence-corrected chi connectivity index (χ0v) is 15.0. The van der Waals surface area contributed by atoms with Crippen LogP contribution in [-0.2, 0) is 6.61 Å². The summed E-state index contributed by atoms with van der Waals surface area (Å²) in [7, 11) is 0. The standard InChI is InChI=1S/C22H17N5O/c1-2-4-15(5-3-1)13-28-18-8-6-16(7-9-18)20-10-19-21(17-11-25-26-12-17)23-14-24-22(19)27-20/h1-12,14H,13H2,(H,25,26)(H,23,24,27). The van der Waals surface area contributed by atoms with Crippen LogP contribution in [-0.4, -0.2) is 25.1 Å². The Kier molecular flexibility index (Phi) is 4.06. The van der Waals surface area contributed by atoms with E-state index >= 15 is 0 Å². The smallest absolute Gasteiger partial charge is 0.141 e. The van der Waals surface area contributed by atoms with E-state index in [0.29, 0.717) is 6.61 Å². The predicted octanol–water partition coefficient (Wildman–Crippen LogP) is 4.59. The van der Waals surface area contributed by atoms with Crippen molar-refractivity contribution in [3.8, 4) is 28.3 Å². The maximum Gasteiger partial charge on any atom is 0.141 e. The lowest BCUT2D eigenvalue weighted by Gasteiger charge is -2.07. The normalized spacial score (nSPS) is 11.0. The second-order valence-electron chi connectivity index (χ2n) is 6.45. The van der Waals surface area contributed by atoms with E-state index in [4.69, 9.17) is 4.74 Å². The third kappa shape index (κ3) is 3.12. The van der Waals surface area contributed by atoms with Gasteiger partial charge in [-0.25, -0.2) is 9.97 Å². The minimum atomic E-state index is 0.552. The Bertz CT molecular complexity index is 1200. The van der Waals surface area contributed by atoms with Crippen LogP contribution >= 0.6 is 0 Å². The summed E-state index contributed by atoms with van der Waals surface area (Å²) in [5, 5.41) is 7.80. The summed E-state index contributed by atoms with van der Waals surface area (Å²) in [4.78, 5) is 12.1. The highest BCUT2D eigenvalue weighted by Gasteiger charge is 2.11. The van der Waals surface area contributed by atoms with E-state index in [1.165, 1.54) is 0 Å². The van der Waals surface area contributed by atoms with Crippen LogP contribution in [0.5, 0.6) is 5.75 Å². The van der Waals surface area contributed by atoms with Crippen molar-refractivity contribution in [3.05, 3.63) is 84.9 Å². The zero-order chi connectivity index (χ0) is 18.8. The number of H-pyrrole nitrogens is 2. The van der Waals surface area contributed by atoms with Crippen LogP contribution in [0.3, 0.4) is 0 Å². The molecule has 6 nitrogen and oxygen atoms in total. The third-order valence-corrected chi connectivity index (χ3v) is 4.61. The van der Waals surface area contributed by atoms with E-state index in [2.05, 4.69) is 43.3 Å². The minimum Gasteiger partial charge on any atom is -0.489 e. The van der Waals surface area contributed by atoms with Gasteiger partial charge < -0.3 is 9.72 Å². The fourth-order valence-corrected chi connectivity index (χ4v) is 3.18. The molecule has 0 saturated carbocycles. The summed E-state index contributed by atoms with van der Waals surface area (Å²) in [5.41, 5.74) is 5.77. The summed E-state index contributed by atoms with van der Waals surface area (Å²) in [6.45, 7) is 0.552. The first-order valence-electron chi connectivity index (χ1n) is 8.97. The van der Waals surface area contributed by atoms with Crippen LogP contribution < -0.4 is 4.74 Å². The number of benzene rings is 2. The monoisotopic (exact) mass is 367 g/mol. The van der Waals surface area contributed by atoms with Gasteiger partial charge in [0.1, 0.15) is 24.3 Å². The average molecular weight is 367 g/mol. The van der Waals surface area contributed by atoms with Crippen molar-refractivity contribution >= 4 is 11.0 Å². The van der Waals surface area contributed by atoms with Crippen molar-refractivity contribution in [2.24, 2.45) is 0 Å².